The molecular weight excluding hydrogens is 373 g/mol. The van der Waals surface area contributed by atoms with Crippen LogP contribution >= 0.6 is 0 Å². The summed E-state index contributed by atoms with van der Waals surface area (Å²) in [6, 6.07) is 11.3. The summed E-state index contributed by atoms with van der Waals surface area (Å²) in [7, 11) is 1.55. The van der Waals surface area contributed by atoms with Crippen LogP contribution in [0.5, 0.6) is 5.75 Å². The van der Waals surface area contributed by atoms with Crippen LogP contribution in [0.15, 0.2) is 60.9 Å². The fourth-order valence-electron chi connectivity index (χ4n) is 2.27. The minimum atomic E-state index is -4.39. The Balaban J connectivity index is 1.63. The summed E-state index contributed by atoms with van der Waals surface area (Å²) in [5.41, 5.74) is 0.334. The molecule has 1 aromatic heterocycles. The zero-order valence-electron chi connectivity index (χ0n) is 14.6. The molecule has 0 radical (unpaired) electrons. The Morgan fingerprint density at radius 1 is 0.929 bits per heavy atom. The van der Waals surface area contributed by atoms with E-state index in [1.165, 1.54) is 24.5 Å². The number of anilines is 3. The summed E-state index contributed by atoms with van der Waals surface area (Å²) in [5, 5.41) is 5.50. The monoisotopic (exact) mass is 388 g/mol. The van der Waals surface area contributed by atoms with E-state index in [1.807, 2.05) is 0 Å². The summed E-state index contributed by atoms with van der Waals surface area (Å²) < 4.78 is 42.8. The molecule has 9 heteroatoms. The summed E-state index contributed by atoms with van der Waals surface area (Å²) in [5.74, 6) is 0.510. The second kappa shape index (κ2) is 7.95. The molecular formula is C19H15F3N4O2. The van der Waals surface area contributed by atoms with Gasteiger partial charge in [-0.3, -0.25) is 4.79 Å². The molecule has 0 bridgehead atoms. The second-order valence-corrected chi connectivity index (χ2v) is 5.67. The van der Waals surface area contributed by atoms with Crippen LogP contribution in [0.25, 0.3) is 0 Å². The van der Waals surface area contributed by atoms with Crippen molar-refractivity contribution >= 4 is 23.1 Å². The van der Waals surface area contributed by atoms with E-state index in [1.54, 1.807) is 31.4 Å². The van der Waals surface area contributed by atoms with Crippen LogP contribution in [-0.2, 0) is 6.18 Å². The number of aromatic nitrogens is 2. The lowest BCUT2D eigenvalue weighted by Gasteiger charge is -2.09. The van der Waals surface area contributed by atoms with Gasteiger partial charge in [0, 0.05) is 11.4 Å². The van der Waals surface area contributed by atoms with Crippen molar-refractivity contribution in [2.75, 3.05) is 17.7 Å². The van der Waals surface area contributed by atoms with Gasteiger partial charge in [0.1, 0.15) is 17.3 Å². The molecule has 0 spiro atoms. The number of alkyl halides is 3. The Labute approximate surface area is 158 Å². The first-order valence-corrected chi connectivity index (χ1v) is 8.07. The van der Waals surface area contributed by atoms with Crippen molar-refractivity contribution < 1.29 is 22.7 Å². The van der Waals surface area contributed by atoms with Gasteiger partial charge in [0.25, 0.3) is 5.91 Å². The number of hydrogen-bond donors (Lipinski definition) is 2. The number of halogens is 3. The van der Waals surface area contributed by atoms with Crippen LogP contribution in [0.3, 0.4) is 0 Å². The van der Waals surface area contributed by atoms with Gasteiger partial charge < -0.3 is 15.4 Å². The largest absolute Gasteiger partial charge is 0.497 e. The number of carbonyl (C=O) groups is 1. The zero-order valence-corrected chi connectivity index (χ0v) is 14.6. The number of methoxy groups -OCH3 is 1. The number of rotatable bonds is 5. The first-order chi connectivity index (χ1) is 13.3. The standard InChI is InChI=1S/C19H15F3N4O2/c1-28-15-8-6-14(7-9-15)26-18(27)16-10-24-17(11-23-16)25-13-4-2-12(3-5-13)19(20,21)22/h2-11H,1H3,(H,24,25)(H,26,27). The summed E-state index contributed by atoms with van der Waals surface area (Å²) in [4.78, 5) is 20.3. The Bertz CT molecular complexity index is 941. The van der Waals surface area contributed by atoms with Crippen molar-refractivity contribution in [2.24, 2.45) is 0 Å². The third kappa shape index (κ3) is 4.76. The fourth-order valence-corrected chi connectivity index (χ4v) is 2.27. The van der Waals surface area contributed by atoms with Gasteiger partial charge in [0.15, 0.2) is 0 Å². The first kappa shape index (κ1) is 19.2. The Kier molecular flexibility index (Phi) is 5.44. The zero-order chi connectivity index (χ0) is 20.1. The van der Waals surface area contributed by atoms with E-state index in [2.05, 4.69) is 20.6 Å². The number of ether oxygens (including phenoxy) is 1. The molecule has 0 fully saturated rings. The summed E-state index contributed by atoms with van der Waals surface area (Å²) in [6.45, 7) is 0. The highest BCUT2D eigenvalue weighted by atomic mass is 19.4. The third-order valence-corrected chi connectivity index (χ3v) is 3.72. The Morgan fingerprint density at radius 3 is 2.11 bits per heavy atom. The number of hydrogen-bond acceptors (Lipinski definition) is 5. The van der Waals surface area contributed by atoms with Crippen LogP contribution in [-0.4, -0.2) is 23.0 Å². The molecule has 1 heterocycles. The Morgan fingerprint density at radius 2 is 1.57 bits per heavy atom. The first-order valence-electron chi connectivity index (χ1n) is 8.07. The molecule has 2 N–H and O–H groups in total. The molecule has 3 rings (SSSR count). The van der Waals surface area contributed by atoms with Crippen LogP contribution in [0.4, 0.5) is 30.4 Å². The average Bonchev–Trinajstić information content (AvgIpc) is 2.69. The predicted molar refractivity (Wildman–Crippen MR) is 97.7 cm³/mol. The fraction of sp³-hybridized carbons (Fsp3) is 0.105. The van der Waals surface area contributed by atoms with Crippen LogP contribution in [0.1, 0.15) is 16.1 Å². The molecule has 0 aliphatic heterocycles. The smallest absolute Gasteiger partial charge is 0.416 e. The minimum absolute atomic E-state index is 0.0915. The maximum atomic E-state index is 12.6. The summed E-state index contributed by atoms with van der Waals surface area (Å²) >= 11 is 0. The molecule has 28 heavy (non-hydrogen) atoms. The van der Waals surface area contributed by atoms with Crippen LogP contribution in [0.2, 0.25) is 0 Å². The molecule has 0 aliphatic rings. The third-order valence-electron chi connectivity index (χ3n) is 3.72. The van der Waals surface area contributed by atoms with E-state index >= 15 is 0 Å². The van der Waals surface area contributed by atoms with Crippen molar-refractivity contribution in [1.29, 1.82) is 0 Å². The van der Waals surface area contributed by atoms with Crippen molar-refractivity contribution in [3.8, 4) is 5.75 Å². The highest BCUT2D eigenvalue weighted by Gasteiger charge is 2.29. The van der Waals surface area contributed by atoms with Crippen molar-refractivity contribution in [1.82, 2.24) is 9.97 Å². The van der Waals surface area contributed by atoms with Gasteiger partial charge in [0.05, 0.1) is 25.1 Å². The number of nitrogens with one attached hydrogen (secondary N) is 2. The van der Waals surface area contributed by atoms with Gasteiger partial charge in [-0.05, 0) is 48.5 Å². The number of nitrogens with zero attached hydrogens (tertiary/aromatic N) is 2. The molecule has 2 aromatic carbocycles. The maximum Gasteiger partial charge on any atom is 0.416 e. The van der Waals surface area contributed by atoms with E-state index in [0.29, 0.717) is 22.9 Å². The lowest BCUT2D eigenvalue weighted by Crippen LogP contribution is -2.14. The predicted octanol–water partition coefficient (Wildman–Crippen LogP) is 4.50. The van der Waals surface area contributed by atoms with Crippen LogP contribution < -0.4 is 15.4 Å². The topological polar surface area (TPSA) is 76.1 Å². The van der Waals surface area contributed by atoms with Crippen molar-refractivity contribution in [2.45, 2.75) is 6.18 Å². The molecule has 144 valence electrons. The van der Waals surface area contributed by atoms with E-state index in [9.17, 15) is 18.0 Å². The van der Waals surface area contributed by atoms with Gasteiger partial charge in [-0.2, -0.15) is 13.2 Å². The molecule has 0 unspecified atom stereocenters. The summed E-state index contributed by atoms with van der Waals surface area (Å²) in [6.07, 6.45) is -1.80. The number of amides is 1. The van der Waals surface area contributed by atoms with Crippen molar-refractivity contribution in [3.63, 3.8) is 0 Å². The second-order valence-electron chi connectivity index (χ2n) is 5.67. The minimum Gasteiger partial charge on any atom is -0.497 e. The normalized spacial score (nSPS) is 11.0. The number of benzene rings is 2. The lowest BCUT2D eigenvalue weighted by molar-refractivity contribution is -0.137. The molecule has 0 aliphatic carbocycles. The number of carbonyl (C=O) groups excluding carboxylic acids is 1. The van der Waals surface area contributed by atoms with E-state index in [-0.39, 0.29) is 5.69 Å². The molecule has 0 atom stereocenters. The molecule has 0 saturated heterocycles. The van der Waals surface area contributed by atoms with Gasteiger partial charge in [-0.25, -0.2) is 9.97 Å². The van der Waals surface area contributed by atoms with Gasteiger partial charge >= 0.3 is 6.18 Å². The van der Waals surface area contributed by atoms with Crippen LogP contribution in [0, 0.1) is 0 Å². The molecule has 0 saturated carbocycles. The molecule has 3 aromatic rings. The quantitative estimate of drug-likeness (QED) is 0.673. The average molecular weight is 388 g/mol. The lowest BCUT2D eigenvalue weighted by atomic mass is 10.2. The Hall–Kier alpha value is -3.62. The van der Waals surface area contributed by atoms with Crippen molar-refractivity contribution in [3.05, 3.63) is 72.2 Å². The molecule has 6 nitrogen and oxygen atoms in total. The molecule has 1 amide bonds. The van der Waals surface area contributed by atoms with E-state index in [4.69, 9.17) is 4.74 Å². The van der Waals surface area contributed by atoms with E-state index in [0.717, 1.165) is 12.1 Å². The maximum absolute atomic E-state index is 12.6. The van der Waals surface area contributed by atoms with Gasteiger partial charge in [-0.1, -0.05) is 0 Å². The van der Waals surface area contributed by atoms with E-state index < -0.39 is 17.6 Å². The SMILES string of the molecule is COc1ccc(NC(=O)c2cnc(Nc3ccc(C(F)(F)F)cc3)cn2)cc1. The van der Waals surface area contributed by atoms with Gasteiger partial charge in [0.2, 0.25) is 0 Å². The highest BCUT2D eigenvalue weighted by Crippen LogP contribution is 2.30. The van der Waals surface area contributed by atoms with Gasteiger partial charge in [-0.15, -0.1) is 0 Å². The highest BCUT2D eigenvalue weighted by molar-refractivity contribution is 6.02.